The van der Waals surface area contributed by atoms with E-state index in [0.717, 1.165) is 24.0 Å². The molecule has 2 heterocycles. The summed E-state index contributed by atoms with van der Waals surface area (Å²) in [5, 5.41) is 4.01. The zero-order chi connectivity index (χ0) is 18.4. The molecule has 136 valence electrons. The molecule has 1 N–H and O–H groups in total. The third kappa shape index (κ3) is 3.18. The Morgan fingerprint density at radius 1 is 1.19 bits per heavy atom. The van der Waals surface area contributed by atoms with Crippen LogP contribution in [-0.2, 0) is 16.1 Å². The first-order valence-corrected chi connectivity index (χ1v) is 9.26. The number of ether oxygens (including phenoxy) is 2. The summed E-state index contributed by atoms with van der Waals surface area (Å²) < 4.78 is 11.6. The Morgan fingerprint density at radius 2 is 1.92 bits per heavy atom. The number of nitrogens with one attached hydrogen (secondary N) is 1. The average Bonchev–Trinajstić information content (AvgIpc) is 3.04. The van der Waals surface area contributed by atoms with Gasteiger partial charge < -0.3 is 14.8 Å². The number of carbonyl (C=O) groups excluding carboxylic acids is 1. The van der Waals surface area contributed by atoms with E-state index >= 15 is 0 Å². The molecule has 3 fully saturated rings. The van der Waals surface area contributed by atoms with E-state index in [-0.39, 0.29) is 18.3 Å². The van der Waals surface area contributed by atoms with E-state index in [1.165, 1.54) is 0 Å². The Balaban J connectivity index is 1.47. The van der Waals surface area contributed by atoms with Crippen molar-refractivity contribution in [3.8, 4) is 0 Å². The molecule has 1 amide bonds. The maximum Gasteiger partial charge on any atom is 0.408 e. The molecule has 6 heteroatoms. The van der Waals surface area contributed by atoms with Gasteiger partial charge in [0, 0.05) is 12.8 Å². The van der Waals surface area contributed by atoms with Gasteiger partial charge in [-0.1, -0.05) is 59.6 Å². The summed E-state index contributed by atoms with van der Waals surface area (Å²) in [6.07, 6.45) is 0.773. The zero-order valence-corrected chi connectivity index (χ0v) is 15.8. The highest BCUT2D eigenvalue weighted by Gasteiger charge is 2.66. The van der Waals surface area contributed by atoms with E-state index in [1.807, 2.05) is 36.4 Å². The number of hydrogen-bond donors (Lipinski definition) is 1. The van der Waals surface area contributed by atoms with Gasteiger partial charge in [0.2, 0.25) is 0 Å². The quantitative estimate of drug-likeness (QED) is 0.770. The molecule has 1 aliphatic carbocycles. The fourth-order valence-electron chi connectivity index (χ4n) is 4.13. The number of fused-ring (bicyclic) bond motifs is 1. The van der Waals surface area contributed by atoms with Crippen LogP contribution in [0.3, 0.4) is 0 Å². The van der Waals surface area contributed by atoms with Crippen molar-refractivity contribution in [3.63, 3.8) is 0 Å². The molecule has 0 radical (unpaired) electrons. The lowest BCUT2D eigenvalue weighted by atomic mass is 9.66. The lowest BCUT2D eigenvalue weighted by molar-refractivity contribution is -0.00996. The van der Waals surface area contributed by atoms with Gasteiger partial charge in [0.25, 0.3) is 0 Å². The first-order chi connectivity index (χ1) is 12.4. The van der Waals surface area contributed by atoms with Gasteiger partial charge in [-0.15, -0.1) is 0 Å². The molecule has 3 aliphatic rings. The van der Waals surface area contributed by atoms with Crippen molar-refractivity contribution in [2.45, 2.75) is 43.6 Å². The molecular weight excluding hydrogens is 373 g/mol. The fraction of sp³-hybridized carbons (Fsp3) is 0.350. The van der Waals surface area contributed by atoms with Crippen molar-refractivity contribution in [1.82, 2.24) is 5.32 Å². The predicted octanol–water partition coefficient (Wildman–Crippen LogP) is 5.28. The number of hydrogen-bond acceptors (Lipinski definition) is 3. The van der Waals surface area contributed by atoms with Gasteiger partial charge in [0.15, 0.2) is 0 Å². The summed E-state index contributed by atoms with van der Waals surface area (Å²) in [4.78, 5) is 12.4. The maximum absolute atomic E-state index is 12.4. The molecule has 2 saturated heterocycles. The molecule has 1 atom stereocenters. The highest BCUT2D eigenvalue weighted by molar-refractivity contribution is 6.42. The molecule has 2 aromatic rings. The van der Waals surface area contributed by atoms with Crippen LogP contribution in [0.1, 0.15) is 37.0 Å². The van der Waals surface area contributed by atoms with Gasteiger partial charge >= 0.3 is 6.09 Å². The Morgan fingerprint density at radius 3 is 2.62 bits per heavy atom. The third-order valence-electron chi connectivity index (χ3n) is 5.09. The van der Waals surface area contributed by atoms with Gasteiger partial charge in [-0.05, 0) is 30.2 Å². The molecule has 5 rings (SSSR count). The molecule has 1 saturated carbocycles. The van der Waals surface area contributed by atoms with E-state index in [4.69, 9.17) is 32.7 Å². The summed E-state index contributed by atoms with van der Waals surface area (Å²) in [5.74, 6) is 0. The first kappa shape index (κ1) is 17.7. The Labute approximate surface area is 162 Å². The highest BCUT2D eigenvalue weighted by Crippen LogP contribution is 2.61. The van der Waals surface area contributed by atoms with Crippen LogP contribution in [-0.4, -0.2) is 17.2 Å². The van der Waals surface area contributed by atoms with Crippen LogP contribution in [0, 0.1) is 0 Å². The molecule has 2 aliphatic heterocycles. The summed E-state index contributed by atoms with van der Waals surface area (Å²) >= 11 is 12.2. The van der Waals surface area contributed by atoms with Gasteiger partial charge in [-0.25, -0.2) is 4.79 Å². The Bertz CT molecular complexity index is 834. The fourth-order valence-corrected chi connectivity index (χ4v) is 4.43. The number of benzene rings is 2. The minimum atomic E-state index is -0.473. The monoisotopic (exact) mass is 391 g/mol. The number of carbonyl (C=O) groups is 1. The summed E-state index contributed by atoms with van der Waals surface area (Å²) in [7, 11) is 0. The number of amides is 1. The van der Waals surface area contributed by atoms with Crippen molar-refractivity contribution in [2.24, 2.45) is 0 Å². The van der Waals surface area contributed by atoms with Crippen LogP contribution in [0.5, 0.6) is 0 Å². The second-order valence-electron chi connectivity index (χ2n) is 7.32. The smallest absolute Gasteiger partial charge is 0.408 e. The molecule has 0 aromatic heterocycles. The second-order valence-corrected chi connectivity index (χ2v) is 8.13. The van der Waals surface area contributed by atoms with Crippen molar-refractivity contribution < 1.29 is 14.3 Å². The molecule has 2 aromatic carbocycles. The predicted molar refractivity (Wildman–Crippen MR) is 100 cm³/mol. The van der Waals surface area contributed by atoms with Crippen molar-refractivity contribution in [2.75, 3.05) is 0 Å². The van der Waals surface area contributed by atoms with Gasteiger partial charge in [-0.3, -0.25) is 0 Å². The van der Waals surface area contributed by atoms with Crippen LogP contribution < -0.4 is 5.32 Å². The van der Waals surface area contributed by atoms with E-state index in [9.17, 15) is 4.79 Å². The molecule has 26 heavy (non-hydrogen) atoms. The molecular formula is C20H19Cl2NO3. The third-order valence-corrected chi connectivity index (χ3v) is 5.83. The van der Waals surface area contributed by atoms with Gasteiger partial charge in [0.1, 0.15) is 12.7 Å². The minimum absolute atomic E-state index is 0.233. The number of rotatable bonds is 4. The van der Waals surface area contributed by atoms with Gasteiger partial charge in [0.05, 0.1) is 21.2 Å². The summed E-state index contributed by atoms with van der Waals surface area (Å²) in [6, 6.07) is 15.0. The van der Waals surface area contributed by atoms with Crippen LogP contribution in [0.25, 0.3) is 0 Å². The van der Waals surface area contributed by atoms with E-state index in [1.54, 1.807) is 12.1 Å². The largest absolute Gasteiger partial charge is 0.445 e. The lowest BCUT2D eigenvalue weighted by Crippen LogP contribution is -2.59. The normalized spacial score (nSPS) is 29.1. The van der Waals surface area contributed by atoms with Crippen LogP contribution in [0.4, 0.5) is 4.79 Å². The zero-order valence-electron chi connectivity index (χ0n) is 14.3. The summed E-state index contributed by atoms with van der Waals surface area (Å²) in [6.45, 7) is 2.29. The first-order valence-electron chi connectivity index (χ1n) is 8.51. The van der Waals surface area contributed by atoms with E-state index < -0.39 is 11.6 Å². The van der Waals surface area contributed by atoms with Crippen LogP contribution in [0.2, 0.25) is 10.0 Å². The average molecular weight is 392 g/mol. The molecule has 1 unspecified atom stereocenters. The molecule has 4 nitrogen and oxygen atoms in total. The highest BCUT2D eigenvalue weighted by atomic mass is 35.5. The number of halogens is 2. The maximum atomic E-state index is 12.4. The SMILES string of the molecule is CC12CC(NC(=O)OCc3ccccc3)(C1)C(c1ccc(Cl)c(Cl)c1)O2. The lowest BCUT2D eigenvalue weighted by Gasteiger charge is -2.43. The molecule has 2 bridgehead atoms. The van der Waals surface area contributed by atoms with Crippen LogP contribution >= 0.6 is 23.2 Å². The van der Waals surface area contributed by atoms with Crippen molar-refractivity contribution in [1.29, 1.82) is 0 Å². The molecule has 0 spiro atoms. The standard InChI is InChI=1S/C20H19Cl2NO3/c1-19-11-20(12-19,17(26-19)14-7-8-15(21)16(22)9-14)23-18(24)25-10-13-5-3-2-4-6-13/h2-9,17H,10-12H2,1H3,(H,23,24). The number of alkyl carbamates (subject to hydrolysis) is 1. The van der Waals surface area contributed by atoms with Crippen molar-refractivity contribution >= 4 is 29.3 Å². The van der Waals surface area contributed by atoms with Crippen molar-refractivity contribution in [3.05, 3.63) is 69.7 Å². The van der Waals surface area contributed by atoms with E-state index in [2.05, 4.69) is 12.2 Å². The topological polar surface area (TPSA) is 47.6 Å². The van der Waals surface area contributed by atoms with E-state index in [0.29, 0.717) is 10.0 Å². The van der Waals surface area contributed by atoms with Crippen LogP contribution in [0.15, 0.2) is 48.5 Å². The second kappa shape index (κ2) is 6.45. The minimum Gasteiger partial charge on any atom is -0.445 e. The summed E-state index contributed by atoms with van der Waals surface area (Å²) in [5.41, 5.74) is 1.15. The Hall–Kier alpha value is -1.75. The Kier molecular flexibility index (Phi) is 4.38. The van der Waals surface area contributed by atoms with Gasteiger partial charge in [-0.2, -0.15) is 0 Å².